The summed E-state index contributed by atoms with van der Waals surface area (Å²) in [7, 11) is -3.51. The second-order valence-corrected chi connectivity index (χ2v) is 13.5. The number of fused-ring (bicyclic) bond motifs is 1. The van der Waals surface area contributed by atoms with Crippen molar-refractivity contribution in [2.24, 2.45) is 0 Å². The normalized spacial score (nSPS) is 11.5. The SMILES string of the molecule is O=S(=O)(CCNCc1nc(-c2cc3c(Nc4ccc(OCc5cccc(F)c5)c(Cl)c4)ncnc3cc2F)cs1)c1ccccn1. The Morgan fingerprint density at radius 3 is 2.65 bits per heavy atom. The number of ether oxygens (including phenoxy) is 1. The third-order valence-electron chi connectivity index (χ3n) is 6.81. The van der Waals surface area contributed by atoms with Gasteiger partial charge in [-0.3, -0.25) is 0 Å². The van der Waals surface area contributed by atoms with Crippen molar-refractivity contribution in [3.8, 4) is 17.0 Å². The van der Waals surface area contributed by atoms with Crippen LogP contribution < -0.4 is 15.4 Å². The van der Waals surface area contributed by atoms with E-state index in [4.69, 9.17) is 16.3 Å². The van der Waals surface area contributed by atoms with Gasteiger partial charge in [0.05, 0.1) is 22.0 Å². The Morgan fingerprint density at radius 2 is 1.85 bits per heavy atom. The van der Waals surface area contributed by atoms with E-state index >= 15 is 4.39 Å². The summed E-state index contributed by atoms with van der Waals surface area (Å²) in [6, 6.07) is 19.0. The van der Waals surface area contributed by atoms with Gasteiger partial charge >= 0.3 is 0 Å². The number of anilines is 2. The third kappa shape index (κ3) is 7.45. The van der Waals surface area contributed by atoms with Gasteiger partial charge in [-0.15, -0.1) is 11.3 Å². The summed E-state index contributed by atoms with van der Waals surface area (Å²) >= 11 is 7.80. The first-order chi connectivity index (χ1) is 22.2. The molecule has 46 heavy (non-hydrogen) atoms. The summed E-state index contributed by atoms with van der Waals surface area (Å²) in [5.74, 6) is -0.0973. The van der Waals surface area contributed by atoms with E-state index in [9.17, 15) is 12.8 Å². The number of halogens is 3. The molecule has 0 aliphatic rings. The summed E-state index contributed by atoms with van der Waals surface area (Å²) in [6.07, 6.45) is 2.78. The van der Waals surface area contributed by atoms with Gasteiger partial charge in [0.25, 0.3) is 0 Å². The average molecular weight is 679 g/mol. The van der Waals surface area contributed by atoms with Gasteiger partial charge in [0.2, 0.25) is 0 Å². The van der Waals surface area contributed by atoms with Crippen molar-refractivity contribution < 1.29 is 21.9 Å². The minimum Gasteiger partial charge on any atom is -0.487 e. The first-order valence-electron chi connectivity index (χ1n) is 13.9. The number of hydrogen-bond acceptors (Lipinski definition) is 10. The summed E-state index contributed by atoms with van der Waals surface area (Å²) in [5.41, 5.74) is 2.38. The van der Waals surface area contributed by atoms with E-state index < -0.39 is 15.7 Å². The van der Waals surface area contributed by atoms with Crippen molar-refractivity contribution in [1.82, 2.24) is 25.3 Å². The summed E-state index contributed by atoms with van der Waals surface area (Å²) in [4.78, 5) is 17.1. The molecule has 0 aliphatic heterocycles. The van der Waals surface area contributed by atoms with Gasteiger partial charge in [-0.1, -0.05) is 29.8 Å². The van der Waals surface area contributed by atoms with Gasteiger partial charge in [0, 0.05) is 47.4 Å². The monoisotopic (exact) mass is 678 g/mol. The summed E-state index contributed by atoms with van der Waals surface area (Å²) < 4.78 is 59.4. The van der Waals surface area contributed by atoms with Crippen molar-refractivity contribution in [1.29, 1.82) is 0 Å². The van der Waals surface area contributed by atoms with Gasteiger partial charge < -0.3 is 15.4 Å². The van der Waals surface area contributed by atoms with Crippen molar-refractivity contribution in [3.05, 3.63) is 118 Å². The van der Waals surface area contributed by atoms with Gasteiger partial charge in [-0.05, 0) is 54.1 Å². The van der Waals surface area contributed by atoms with E-state index in [1.54, 1.807) is 53.9 Å². The molecule has 234 valence electrons. The van der Waals surface area contributed by atoms with E-state index in [0.717, 1.165) is 0 Å². The molecule has 0 saturated heterocycles. The molecule has 0 spiro atoms. The zero-order valence-electron chi connectivity index (χ0n) is 24.0. The summed E-state index contributed by atoms with van der Waals surface area (Å²) in [5, 5.41) is 9.64. The second-order valence-electron chi connectivity index (χ2n) is 10.1. The molecule has 3 aromatic heterocycles. The van der Waals surface area contributed by atoms with Crippen LogP contribution in [0.1, 0.15) is 10.6 Å². The summed E-state index contributed by atoms with van der Waals surface area (Å²) in [6.45, 7) is 0.669. The number of nitrogens with one attached hydrogen (secondary N) is 2. The predicted octanol–water partition coefficient (Wildman–Crippen LogP) is 6.97. The molecule has 3 aromatic carbocycles. The lowest BCUT2D eigenvalue weighted by atomic mass is 10.1. The highest BCUT2D eigenvalue weighted by molar-refractivity contribution is 7.91. The average Bonchev–Trinajstić information content (AvgIpc) is 3.52. The van der Waals surface area contributed by atoms with Gasteiger partial charge in [0.15, 0.2) is 14.9 Å². The van der Waals surface area contributed by atoms with Crippen molar-refractivity contribution in [3.63, 3.8) is 0 Å². The van der Waals surface area contributed by atoms with Gasteiger partial charge in [-0.25, -0.2) is 37.1 Å². The number of nitrogens with zero attached hydrogens (tertiary/aromatic N) is 4. The van der Waals surface area contributed by atoms with E-state index in [0.29, 0.717) is 56.0 Å². The van der Waals surface area contributed by atoms with Crippen LogP contribution in [0.3, 0.4) is 0 Å². The number of sulfone groups is 1. The van der Waals surface area contributed by atoms with Crippen molar-refractivity contribution >= 4 is 55.2 Å². The Balaban J connectivity index is 1.13. The lowest BCUT2D eigenvalue weighted by molar-refractivity contribution is 0.306. The lowest BCUT2D eigenvalue weighted by Crippen LogP contribution is -2.23. The van der Waals surface area contributed by atoms with Crippen molar-refractivity contribution in [2.45, 2.75) is 18.2 Å². The molecule has 0 aliphatic carbocycles. The first-order valence-corrected chi connectivity index (χ1v) is 16.8. The van der Waals surface area contributed by atoms with Gasteiger partial charge in [-0.2, -0.15) is 0 Å². The van der Waals surface area contributed by atoms with Crippen LogP contribution >= 0.6 is 22.9 Å². The van der Waals surface area contributed by atoms with Crippen LogP contribution in [0.25, 0.3) is 22.2 Å². The highest BCUT2D eigenvalue weighted by Gasteiger charge is 2.17. The molecule has 6 aromatic rings. The molecule has 9 nitrogen and oxygen atoms in total. The molecule has 2 N–H and O–H groups in total. The fraction of sp³-hybridized carbons (Fsp3) is 0.125. The van der Waals surface area contributed by atoms with Gasteiger partial charge in [0.1, 0.15) is 41.1 Å². The molecule has 0 fully saturated rings. The Morgan fingerprint density at radius 1 is 0.957 bits per heavy atom. The molecule has 0 radical (unpaired) electrons. The zero-order valence-corrected chi connectivity index (χ0v) is 26.3. The smallest absolute Gasteiger partial charge is 0.196 e. The third-order valence-corrected chi connectivity index (χ3v) is 9.57. The molecule has 0 atom stereocenters. The maximum Gasteiger partial charge on any atom is 0.196 e. The number of hydrogen-bond donors (Lipinski definition) is 2. The van der Waals surface area contributed by atoms with Crippen LogP contribution in [0.2, 0.25) is 5.02 Å². The first kappa shape index (κ1) is 31.4. The van der Waals surface area contributed by atoms with Crippen LogP contribution in [-0.4, -0.2) is 40.7 Å². The van der Waals surface area contributed by atoms with E-state index in [-0.39, 0.29) is 35.3 Å². The number of benzene rings is 3. The molecule has 0 saturated carbocycles. The topological polar surface area (TPSA) is 119 Å². The lowest BCUT2D eigenvalue weighted by Gasteiger charge is -2.12. The van der Waals surface area contributed by atoms with E-state index in [1.807, 2.05) is 0 Å². The highest BCUT2D eigenvalue weighted by atomic mass is 35.5. The van der Waals surface area contributed by atoms with E-state index in [1.165, 1.54) is 48.1 Å². The standard InChI is InChI=1S/C32H25ClF2N6O3S2/c33-25-13-22(7-8-29(25)44-17-20-4-3-5-21(34)12-20)40-32-24-14-23(26(35)15-27(24)38-19-39-32)28-18-45-30(41-28)16-36-10-11-46(42,43)31-6-1-2-9-37-31/h1-9,12-15,18-19,36H,10-11,16-17H2,(H,38,39,40). The van der Waals surface area contributed by atoms with E-state index in [2.05, 4.69) is 30.6 Å². The maximum atomic E-state index is 15.2. The fourth-order valence-corrected chi connectivity index (χ4v) is 6.68. The number of pyridine rings is 1. The fourth-order valence-electron chi connectivity index (χ4n) is 4.55. The van der Waals surface area contributed by atoms with Crippen LogP contribution in [0.4, 0.5) is 20.3 Å². The Hall–Kier alpha value is -4.56. The quantitative estimate of drug-likeness (QED) is 0.132. The maximum absolute atomic E-state index is 15.2. The number of thiazole rings is 1. The largest absolute Gasteiger partial charge is 0.487 e. The van der Waals surface area contributed by atoms with Crippen LogP contribution in [0, 0.1) is 11.6 Å². The number of aromatic nitrogens is 4. The molecule has 0 bridgehead atoms. The van der Waals surface area contributed by atoms with Crippen molar-refractivity contribution in [2.75, 3.05) is 17.6 Å². The molecule has 0 unspecified atom stereocenters. The molecule has 0 amide bonds. The Labute approximate surface area is 272 Å². The Kier molecular flexibility index (Phi) is 9.45. The van der Waals surface area contributed by atoms with Crippen LogP contribution in [0.15, 0.2) is 95.7 Å². The predicted molar refractivity (Wildman–Crippen MR) is 174 cm³/mol. The minimum absolute atomic E-state index is 0.0322. The zero-order chi connectivity index (χ0) is 32.1. The minimum atomic E-state index is -3.51. The molecular formula is C32H25ClF2N6O3S2. The number of rotatable bonds is 12. The highest BCUT2D eigenvalue weighted by Crippen LogP contribution is 2.34. The molecular weight excluding hydrogens is 654 g/mol. The molecule has 14 heteroatoms. The van der Waals surface area contributed by atoms with Crippen LogP contribution in [0.5, 0.6) is 5.75 Å². The molecule has 6 rings (SSSR count). The second kappa shape index (κ2) is 13.8. The van der Waals surface area contributed by atoms with Crippen LogP contribution in [-0.2, 0) is 23.0 Å². The Bertz CT molecular complexity index is 2120. The molecule has 3 heterocycles.